The number of nitrogens with one attached hydrogen (secondary N) is 2. The normalized spacial score (nSPS) is 17.4. The highest BCUT2D eigenvalue weighted by molar-refractivity contribution is 5.79. The Morgan fingerprint density at radius 1 is 1.23 bits per heavy atom. The molecule has 1 aromatic carbocycles. The number of hydrogen-bond donors (Lipinski definition) is 2. The first-order valence-corrected chi connectivity index (χ1v) is 10.9. The second-order valence-electron chi connectivity index (χ2n) is 8.68. The number of carbonyl (C=O) groups excluding carboxylic acids is 1. The lowest BCUT2D eigenvalue weighted by Gasteiger charge is -2.33. The molecule has 1 fully saturated rings. The number of piperidine rings is 1. The molecule has 0 aliphatic carbocycles. The van der Waals surface area contributed by atoms with Gasteiger partial charge in [0.15, 0.2) is 5.96 Å². The van der Waals surface area contributed by atoms with E-state index in [1.807, 2.05) is 37.8 Å². The van der Waals surface area contributed by atoms with Crippen molar-refractivity contribution < 1.29 is 14.3 Å². The molecule has 1 amide bonds. The maximum atomic E-state index is 12.4. The summed E-state index contributed by atoms with van der Waals surface area (Å²) in [5.41, 5.74) is 0.785. The molecule has 1 atom stereocenters. The van der Waals surface area contributed by atoms with Gasteiger partial charge < -0.3 is 25.0 Å². The van der Waals surface area contributed by atoms with Crippen LogP contribution in [0.5, 0.6) is 5.75 Å². The highest BCUT2D eigenvalue weighted by atomic mass is 16.6. The van der Waals surface area contributed by atoms with Gasteiger partial charge in [-0.25, -0.2) is 4.79 Å². The molecule has 1 saturated heterocycles. The molecule has 1 heterocycles. The molecular formula is C23H38N4O3. The molecule has 1 aliphatic heterocycles. The molecule has 0 bridgehead atoms. The molecule has 0 radical (unpaired) electrons. The first-order chi connectivity index (χ1) is 14.3. The quantitative estimate of drug-likeness (QED) is 0.524. The molecule has 30 heavy (non-hydrogen) atoms. The van der Waals surface area contributed by atoms with Crippen LogP contribution < -0.4 is 15.4 Å². The van der Waals surface area contributed by atoms with Crippen LogP contribution in [0.1, 0.15) is 46.1 Å². The largest absolute Gasteiger partial charge is 0.497 e. The van der Waals surface area contributed by atoms with Gasteiger partial charge in [-0.2, -0.15) is 0 Å². The highest BCUT2D eigenvalue weighted by Crippen LogP contribution is 2.19. The van der Waals surface area contributed by atoms with Gasteiger partial charge in [-0.15, -0.1) is 0 Å². The van der Waals surface area contributed by atoms with Gasteiger partial charge in [-0.1, -0.05) is 12.1 Å². The first-order valence-electron chi connectivity index (χ1n) is 10.9. The predicted molar refractivity (Wildman–Crippen MR) is 121 cm³/mol. The van der Waals surface area contributed by atoms with Crippen molar-refractivity contribution >= 4 is 12.1 Å². The first kappa shape index (κ1) is 23.8. The molecule has 1 aliphatic rings. The number of likely N-dealkylation sites (tertiary alicyclic amines) is 1. The Morgan fingerprint density at radius 2 is 1.97 bits per heavy atom. The van der Waals surface area contributed by atoms with Gasteiger partial charge in [0.2, 0.25) is 0 Å². The molecule has 1 aromatic rings. The molecular weight excluding hydrogens is 380 g/mol. The van der Waals surface area contributed by atoms with Gasteiger partial charge in [0, 0.05) is 32.7 Å². The van der Waals surface area contributed by atoms with Crippen LogP contribution in [0, 0.1) is 5.92 Å². The van der Waals surface area contributed by atoms with E-state index in [0.717, 1.165) is 50.6 Å². The van der Waals surface area contributed by atoms with Crippen LogP contribution in [-0.4, -0.2) is 62.4 Å². The van der Waals surface area contributed by atoms with Crippen LogP contribution in [0.15, 0.2) is 29.3 Å². The summed E-state index contributed by atoms with van der Waals surface area (Å²) in [6.07, 6.45) is 2.75. The molecule has 0 saturated carbocycles. The smallest absolute Gasteiger partial charge is 0.410 e. The number of rotatable bonds is 7. The molecule has 0 aromatic heterocycles. The number of guanidine groups is 1. The number of benzene rings is 1. The molecule has 0 spiro atoms. The van der Waals surface area contributed by atoms with Crippen molar-refractivity contribution in [1.29, 1.82) is 0 Å². The number of carbonyl (C=O) groups is 1. The monoisotopic (exact) mass is 418 g/mol. The summed E-state index contributed by atoms with van der Waals surface area (Å²) >= 11 is 0. The lowest BCUT2D eigenvalue weighted by molar-refractivity contribution is 0.0170. The second-order valence-corrected chi connectivity index (χ2v) is 8.68. The van der Waals surface area contributed by atoms with Gasteiger partial charge in [0.1, 0.15) is 11.4 Å². The molecule has 1 unspecified atom stereocenters. The van der Waals surface area contributed by atoms with Gasteiger partial charge in [0.25, 0.3) is 0 Å². The van der Waals surface area contributed by atoms with Crippen LogP contribution >= 0.6 is 0 Å². The van der Waals surface area contributed by atoms with Gasteiger partial charge in [0.05, 0.1) is 7.11 Å². The third-order valence-electron chi connectivity index (χ3n) is 4.89. The average Bonchev–Trinajstić information content (AvgIpc) is 2.71. The Labute approximate surface area is 181 Å². The van der Waals surface area contributed by atoms with Crippen molar-refractivity contribution in [3.05, 3.63) is 29.8 Å². The van der Waals surface area contributed by atoms with Crippen molar-refractivity contribution in [3.8, 4) is 5.75 Å². The zero-order valence-corrected chi connectivity index (χ0v) is 19.2. The molecule has 7 nitrogen and oxygen atoms in total. The minimum atomic E-state index is -0.464. The number of ether oxygens (including phenoxy) is 2. The van der Waals surface area contributed by atoms with Crippen LogP contribution in [0.3, 0.4) is 0 Å². The summed E-state index contributed by atoms with van der Waals surface area (Å²) in [6, 6.07) is 8.12. The zero-order valence-electron chi connectivity index (χ0n) is 19.2. The summed E-state index contributed by atoms with van der Waals surface area (Å²) in [5, 5.41) is 6.71. The third-order valence-corrected chi connectivity index (χ3v) is 4.89. The number of nitrogens with zero attached hydrogens (tertiary/aromatic N) is 2. The summed E-state index contributed by atoms with van der Waals surface area (Å²) in [7, 11) is 1.68. The van der Waals surface area contributed by atoms with Gasteiger partial charge in [-0.3, -0.25) is 4.99 Å². The fraction of sp³-hybridized carbons (Fsp3) is 0.652. The third kappa shape index (κ3) is 8.51. The Hall–Kier alpha value is -2.44. The summed E-state index contributed by atoms with van der Waals surface area (Å²) in [6.45, 7) is 11.5. The van der Waals surface area contributed by atoms with E-state index in [9.17, 15) is 4.79 Å². The summed E-state index contributed by atoms with van der Waals surface area (Å²) in [4.78, 5) is 18.9. The minimum Gasteiger partial charge on any atom is -0.497 e. The van der Waals surface area contributed by atoms with Crippen molar-refractivity contribution in [1.82, 2.24) is 15.5 Å². The topological polar surface area (TPSA) is 75.2 Å². The fourth-order valence-corrected chi connectivity index (χ4v) is 3.39. The fourth-order valence-electron chi connectivity index (χ4n) is 3.39. The van der Waals surface area contributed by atoms with E-state index in [4.69, 9.17) is 14.5 Å². The molecule has 168 valence electrons. The van der Waals surface area contributed by atoms with Crippen LogP contribution in [0.25, 0.3) is 0 Å². The van der Waals surface area contributed by atoms with Crippen LogP contribution in [0.4, 0.5) is 4.79 Å². The number of amides is 1. The standard InChI is InChI=1S/C23H38N4O3/c1-6-24-21(25-14-13-18-9-11-20(29-5)12-10-18)26-16-19-8-7-15-27(17-19)22(28)30-23(2,3)4/h9-12,19H,6-8,13-17H2,1-5H3,(H2,24,25,26). The van der Waals surface area contributed by atoms with Gasteiger partial charge in [-0.05, 0) is 70.6 Å². The van der Waals surface area contributed by atoms with Crippen LogP contribution in [0.2, 0.25) is 0 Å². The van der Waals surface area contributed by atoms with E-state index < -0.39 is 5.60 Å². The molecule has 2 N–H and O–H groups in total. The Kier molecular flexibility index (Phi) is 9.27. The van der Waals surface area contributed by atoms with Crippen molar-refractivity contribution in [2.24, 2.45) is 10.9 Å². The SMILES string of the molecule is CCNC(=NCC1CCCN(C(=O)OC(C)(C)C)C1)NCCc1ccc(OC)cc1. The number of hydrogen-bond acceptors (Lipinski definition) is 4. The summed E-state index contributed by atoms with van der Waals surface area (Å²) in [5.74, 6) is 2.04. The van der Waals surface area contributed by atoms with Crippen molar-refractivity contribution in [2.75, 3.05) is 39.8 Å². The Balaban J connectivity index is 1.83. The van der Waals surface area contributed by atoms with E-state index in [1.54, 1.807) is 7.11 Å². The average molecular weight is 419 g/mol. The second kappa shape index (κ2) is 11.7. The van der Waals surface area contributed by atoms with Crippen LogP contribution in [-0.2, 0) is 11.2 Å². The Bertz CT molecular complexity index is 683. The van der Waals surface area contributed by atoms with E-state index in [-0.39, 0.29) is 6.09 Å². The van der Waals surface area contributed by atoms with E-state index in [1.165, 1.54) is 5.56 Å². The number of methoxy groups -OCH3 is 1. The van der Waals surface area contributed by atoms with Crippen molar-refractivity contribution in [2.45, 2.75) is 52.6 Å². The van der Waals surface area contributed by atoms with Gasteiger partial charge >= 0.3 is 6.09 Å². The Morgan fingerprint density at radius 3 is 2.60 bits per heavy atom. The van der Waals surface area contributed by atoms with E-state index in [0.29, 0.717) is 19.0 Å². The zero-order chi connectivity index (χ0) is 22.0. The summed E-state index contributed by atoms with van der Waals surface area (Å²) < 4.78 is 10.7. The maximum absolute atomic E-state index is 12.4. The van der Waals surface area contributed by atoms with E-state index >= 15 is 0 Å². The molecule has 7 heteroatoms. The lowest BCUT2D eigenvalue weighted by Crippen LogP contribution is -2.44. The van der Waals surface area contributed by atoms with Crippen molar-refractivity contribution in [3.63, 3.8) is 0 Å². The predicted octanol–water partition coefficient (Wildman–Crippen LogP) is 3.44. The highest BCUT2D eigenvalue weighted by Gasteiger charge is 2.27. The van der Waals surface area contributed by atoms with E-state index in [2.05, 4.69) is 29.7 Å². The minimum absolute atomic E-state index is 0.222. The number of aliphatic imine (C=N–C) groups is 1. The lowest BCUT2D eigenvalue weighted by atomic mass is 9.98. The molecule has 2 rings (SSSR count). The maximum Gasteiger partial charge on any atom is 0.410 e.